The Morgan fingerprint density at radius 3 is 1.62 bits per heavy atom. The normalized spacial score (nSPS) is 40.0. The summed E-state index contributed by atoms with van der Waals surface area (Å²) in [6.07, 6.45) is 9.19. The molecule has 0 N–H and O–H groups in total. The second-order valence-corrected chi connectivity index (χ2v) is 2.72. The average Bonchev–Trinajstić information content (AvgIpc) is 2.22. The monoisotopic (exact) mass is 304 g/mol. The average molecular weight is 303 g/mol. The van der Waals surface area contributed by atoms with Crippen molar-refractivity contribution in [1.29, 1.82) is 0 Å². The predicted octanol–water partition coefficient (Wildman–Crippen LogP) is 1.06. The van der Waals surface area contributed by atoms with Crippen LogP contribution in [0.3, 0.4) is 0 Å². The second-order valence-electron chi connectivity index (χ2n) is 2.72. The van der Waals surface area contributed by atoms with Gasteiger partial charge in [0.2, 0.25) is 0 Å². The van der Waals surface area contributed by atoms with Gasteiger partial charge < -0.3 is 0 Å². The predicted molar refractivity (Wildman–Crippen MR) is 38.5 cm³/mol. The van der Waals surface area contributed by atoms with Crippen LogP contribution in [0.25, 0.3) is 0 Å². The molecule has 44 valence electrons. The van der Waals surface area contributed by atoms with E-state index in [1.54, 1.807) is 0 Å². The summed E-state index contributed by atoms with van der Waals surface area (Å²) < 4.78 is 0. The first-order valence-corrected chi connectivity index (χ1v) is 3.13. The van der Waals surface area contributed by atoms with Crippen molar-refractivity contribution in [2.75, 3.05) is 0 Å². The molecule has 8 heavy (non-hydrogen) atoms. The zero-order chi connectivity index (χ0) is 4.69. The van der Waals surface area contributed by atoms with Crippen molar-refractivity contribution in [2.24, 2.45) is 11.8 Å². The van der Waals surface area contributed by atoms with Crippen LogP contribution in [0.4, 0.5) is 0 Å². The van der Waals surface area contributed by atoms with Gasteiger partial charge >= 0.3 is 27.3 Å². The van der Waals surface area contributed by atoms with E-state index >= 15 is 0 Å². The van der Waals surface area contributed by atoms with Gasteiger partial charge in [-0.05, 0) is 31.1 Å². The van der Waals surface area contributed by atoms with Gasteiger partial charge in [0.1, 0.15) is 0 Å². The molecule has 2 atom stereocenters. The molecule has 2 bridgehead atoms. The Morgan fingerprint density at radius 2 is 1.50 bits per heavy atom. The minimum atomic E-state index is 0. The van der Waals surface area contributed by atoms with Crippen molar-refractivity contribution < 1.29 is 0 Å². The first-order valence-electron chi connectivity index (χ1n) is 3.13. The molecule has 0 aromatic carbocycles. The molecule has 2 aliphatic rings. The maximum absolute atomic E-state index is 2.38. The summed E-state index contributed by atoms with van der Waals surface area (Å²) in [5.41, 5.74) is 0. The van der Waals surface area contributed by atoms with E-state index in [-0.39, 0.29) is 27.3 Å². The van der Waals surface area contributed by atoms with Crippen molar-refractivity contribution >= 4 is 27.3 Å². The third kappa shape index (κ3) is 0.994. The Bertz CT molecular complexity index is 95.0. The Labute approximate surface area is 70.5 Å². The molecule has 1 heteroatoms. The zero-order valence-corrected chi connectivity index (χ0v) is 10.6. The topological polar surface area (TPSA) is 0 Å². The van der Waals surface area contributed by atoms with Crippen molar-refractivity contribution in [3.05, 3.63) is 12.2 Å². The van der Waals surface area contributed by atoms with E-state index in [9.17, 15) is 0 Å². The van der Waals surface area contributed by atoms with Crippen molar-refractivity contribution in [1.82, 2.24) is 0 Å². The van der Waals surface area contributed by atoms with Crippen molar-refractivity contribution in [2.45, 2.75) is 19.3 Å². The van der Waals surface area contributed by atoms with E-state index < -0.39 is 0 Å². The Balaban J connectivity index is 0.000000320. The van der Waals surface area contributed by atoms with Gasteiger partial charge in [-0.15, -0.1) is 0 Å². The molecule has 0 spiro atoms. The van der Waals surface area contributed by atoms with Crippen molar-refractivity contribution in [3.63, 3.8) is 0 Å². The zero-order valence-electron chi connectivity index (χ0n) is 5.14. The molecule has 2 radical (unpaired) electrons. The van der Waals surface area contributed by atoms with Crippen LogP contribution in [0.1, 0.15) is 19.3 Å². The van der Waals surface area contributed by atoms with Crippen LogP contribution in [0.15, 0.2) is 12.2 Å². The van der Waals surface area contributed by atoms with E-state index in [4.69, 9.17) is 0 Å². The number of hydrogen-bond acceptors (Lipinski definition) is 0. The van der Waals surface area contributed by atoms with Gasteiger partial charge in [0.25, 0.3) is 0 Å². The summed E-state index contributed by atoms with van der Waals surface area (Å²) in [6, 6.07) is 0. The molecule has 0 aromatic rings. The second kappa shape index (κ2) is 2.50. The van der Waals surface area contributed by atoms with Gasteiger partial charge in [0, 0.05) is 0 Å². The van der Waals surface area contributed by atoms with Gasteiger partial charge in [-0.25, -0.2) is 0 Å². The van der Waals surface area contributed by atoms with Gasteiger partial charge in [-0.1, -0.05) is 12.2 Å². The van der Waals surface area contributed by atoms with Gasteiger partial charge in [-0.3, -0.25) is 0 Å². The van der Waals surface area contributed by atoms with Crippen LogP contribution < -0.4 is 0 Å². The SMILES string of the molecule is C1=CC2CCC1C2.[PbH2]. The van der Waals surface area contributed by atoms with Crippen LogP contribution in [0.2, 0.25) is 0 Å². The minimum absolute atomic E-state index is 0. The van der Waals surface area contributed by atoms with E-state index in [0.717, 1.165) is 11.8 Å². The summed E-state index contributed by atoms with van der Waals surface area (Å²) in [6.45, 7) is 0. The molecule has 0 heterocycles. The third-order valence-electron chi connectivity index (χ3n) is 2.17. The Morgan fingerprint density at radius 1 is 1.00 bits per heavy atom. The van der Waals surface area contributed by atoms with E-state index in [2.05, 4.69) is 12.2 Å². The number of hydrogen-bond donors (Lipinski definition) is 0. The molecule has 0 nitrogen and oxygen atoms in total. The third-order valence-corrected chi connectivity index (χ3v) is 2.17. The van der Waals surface area contributed by atoms with Crippen LogP contribution in [0, 0.1) is 11.8 Å². The molecule has 1 saturated carbocycles. The summed E-state index contributed by atoms with van der Waals surface area (Å²) in [5.74, 6) is 1.98. The maximum atomic E-state index is 2.38. The number of allylic oxidation sites excluding steroid dienone is 2. The van der Waals surface area contributed by atoms with Gasteiger partial charge in [-0.2, -0.15) is 0 Å². The van der Waals surface area contributed by atoms with Crippen LogP contribution >= 0.6 is 0 Å². The van der Waals surface area contributed by atoms with Gasteiger partial charge in [0.15, 0.2) is 0 Å². The molecule has 0 saturated heterocycles. The molecular formula is C7H12Pb. The molecule has 2 aliphatic carbocycles. The molecule has 1 fully saturated rings. The van der Waals surface area contributed by atoms with Crippen LogP contribution in [0.5, 0.6) is 0 Å². The van der Waals surface area contributed by atoms with E-state index in [0.29, 0.717) is 0 Å². The standard InChI is InChI=1S/C7H10.Pb.2H/c1-2-7-4-3-6(1)5-7;;;/h1-2,6-7H,3-5H2;;;. The van der Waals surface area contributed by atoms with Crippen molar-refractivity contribution in [3.8, 4) is 0 Å². The summed E-state index contributed by atoms with van der Waals surface area (Å²) in [7, 11) is 0. The van der Waals surface area contributed by atoms with Crippen LogP contribution in [-0.2, 0) is 0 Å². The number of fused-ring (bicyclic) bond motifs is 2. The fraction of sp³-hybridized carbons (Fsp3) is 0.714. The van der Waals surface area contributed by atoms with Gasteiger partial charge in [0.05, 0.1) is 0 Å². The molecule has 2 unspecified atom stereocenters. The molecular weight excluding hydrogens is 291 g/mol. The molecule has 0 amide bonds. The first kappa shape index (κ1) is 6.78. The Hall–Kier alpha value is 0.662. The summed E-state index contributed by atoms with van der Waals surface area (Å²) >= 11 is 0. The molecule has 2 rings (SSSR count). The fourth-order valence-corrected chi connectivity index (χ4v) is 1.72. The number of rotatable bonds is 0. The first-order chi connectivity index (χ1) is 3.45. The van der Waals surface area contributed by atoms with E-state index in [1.807, 2.05) is 0 Å². The quantitative estimate of drug-likeness (QED) is 0.464. The van der Waals surface area contributed by atoms with Crippen LogP contribution in [-0.4, -0.2) is 27.3 Å². The van der Waals surface area contributed by atoms with E-state index in [1.165, 1.54) is 19.3 Å². The molecule has 0 aliphatic heterocycles. The summed E-state index contributed by atoms with van der Waals surface area (Å²) in [4.78, 5) is 0. The Kier molecular flexibility index (Phi) is 2.12. The fourth-order valence-electron chi connectivity index (χ4n) is 1.72. The molecule has 0 aromatic heterocycles. The summed E-state index contributed by atoms with van der Waals surface area (Å²) in [5, 5.41) is 0.